The van der Waals surface area contributed by atoms with Crippen molar-refractivity contribution in [2.45, 2.75) is 31.7 Å². The van der Waals surface area contributed by atoms with Crippen molar-refractivity contribution in [2.75, 3.05) is 17.4 Å². The zero-order valence-corrected chi connectivity index (χ0v) is 19.0. The van der Waals surface area contributed by atoms with Crippen LogP contribution in [0.4, 0.5) is 17.1 Å². The highest BCUT2D eigenvalue weighted by atomic mass is 16.7. The fraction of sp³-hybridized carbons (Fsp3) is 0.222. The number of fused-ring (bicyclic) bond motifs is 2. The van der Waals surface area contributed by atoms with Crippen molar-refractivity contribution in [3.8, 4) is 11.5 Å². The molecule has 8 heteroatoms. The second-order valence-corrected chi connectivity index (χ2v) is 9.10. The summed E-state index contributed by atoms with van der Waals surface area (Å²) < 4.78 is 10.9. The molecular formula is C27H23N3O5. The van der Waals surface area contributed by atoms with E-state index in [-0.39, 0.29) is 24.2 Å². The van der Waals surface area contributed by atoms with E-state index in [1.165, 1.54) is 6.07 Å². The van der Waals surface area contributed by atoms with Gasteiger partial charge in [0, 0.05) is 17.7 Å². The lowest BCUT2D eigenvalue weighted by atomic mass is 9.78. The van der Waals surface area contributed by atoms with Gasteiger partial charge in [0.05, 0.1) is 34.0 Å². The molecule has 0 aromatic heterocycles. The lowest BCUT2D eigenvalue weighted by Crippen LogP contribution is -2.27. The molecule has 3 aromatic carbocycles. The first-order chi connectivity index (χ1) is 17.0. The molecule has 35 heavy (non-hydrogen) atoms. The van der Waals surface area contributed by atoms with Crippen LogP contribution in [-0.2, 0) is 4.79 Å². The van der Waals surface area contributed by atoms with Crippen LogP contribution in [0.25, 0.3) is 0 Å². The molecule has 2 N–H and O–H groups in total. The molecule has 176 valence electrons. The topological polar surface area (TPSA) is 103 Å². The van der Waals surface area contributed by atoms with Crippen molar-refractivity contribution in [1.82, 2.24) is 0 Å². The Kier molecular flexibility index (Phi) is 4.95. The highest BCUT2D eigenvalue weighted by molar-refractivity contribution is 6.01. The van der Waals surface area contributed by atoms with E-state index in [0.717, 1.165) is 28.2 Å². The number of benzene rings is 3. The number of hydrogen-bond acceptors (Lipinski definition) is 7. The maximum Gasteiger partial charge on any atom is 0.279 e. The van der Waals surface area contributed by atoms with Gasteiger partial charge < -0.3 is 20.1 Å². The number of carbonyl (C=O) groups is 1. The van der Waals surface area contributed by atoms with Crippen LogP contribution in [-0.4, -0.2) is 17.5 Å². The Morgan fingerprint density at radius 1 is 0.971 bits per heavy atom. The Bertz CT molecular complexity index is 1400. The molecule has 3 aliphatic rings. The van der Waals surface area contributed by atoms with Crippen LogP contribution in [0.3, 0.4) is 0 Å². The van der Waals surface area contributed by atoms with Crippen LogP contribution in [0.5, 0.6) is 11.5 Å². The lowest BCUT2D eigenvalue weighted by Gasteiger charge is -2.30. The van der Waals surface area contributed by atoms with Gasteiger partial charge in [-0.05, 0) is 43.0 Å². The second kappa shape index (κ2) is 8.16. The molecule has 8 nitrogen and oxygen atoms in total. The first-order valence-electron chi connectivity index (χ1n) is 11.5. The number of nitrogens with zero attached hydrogens (tertiary/aromatic N) is 1. The minimum absolute atomic E-state index is 0.00350. The van der Waals surface area contributed by atoms with Crippen molar-refractivity contribution in [3.63, 3.8) is 0 Å². The largest absolute Gasteiger partial charge is 0.454 e. The van der Waals surface area contributed by atoms with Crippen LogP contribution < -0.4 is 20.1 Å². The summed E-state index contributed by atoms with van der Waals surface area (Å²) in [4.78, 5) is 25.3. The van der Waals surface area contributed by atoms with Gasteiger partial charge in [-0.1, -0.05) is 42.0 Å². The normalized spacial score (nSPS) is 20.3. The third kappa shape index (κ3) is 3.67. The summed E-state index contributed by atoms with van der Waals surface area (Å²) in [6.07, 6.45) is 0.950. The van der Waals surface area contributed by atoms with Gasteiger partial charge in [0.1, 0.15) is 0 Å². The Morgan fingerprint density at radius 3 is 2.43 bits per heavy atom. The van der Waals surface area contributed by atoms with Gasteiger partial charge >= 0.3 is 0 Å². The fourth-order valence-electron chi connectivity index (χ4n) is 5.14. The van der Waals surface area contributed by atoms with E-state index in [9.17, 15) is 14.9 Å². The molecule has 0 saturated carbocycles. The molecule has 6 rings (SSSR count). The van der Waals surface area contributed by atoms with Gasteiger partial charge in [0.15, 0.2) is 17.3 Å². The van der Waals surface area contributed by atoms with Gasteiger partial charge in [-0.3, -0.25) is 14.9 Å². The smallest absolute Gasteiger partial charge is 0.279 e. The van der Waals surface area contributed by atoms with Gasteiger partial charge in [0.2, 0.25) is 6.79 Å². The predicted molar refractivity (Wildman–Crippen MR) is 131 cm³/mol. The molecule has 0 fully saturated rings. The summed E-state index contributed by atoms with van der Waals surface area (Å²) >= 11 is 0. The highest BCUT2D eigenvalue weighted by Crippen LogP contribution is 2.48. The predicted octanol–water partition coefficient (Wildman–Crippen LogP) is 5.61. The number of nitrogens with one attached hydrogen (secondary N) is 2. The van der Waals surface area contributed by atoms with E-state index in [2.05, 4.69) is 34.9 Å². The molecular weight excluding hydrogens is 446 g/mol. The summed E-state index contributed by atoms with van der Waals surface area (Å²) in [5.74, 6) is 0.741. The van der Waals surface area contributed by atoms with Crippen LogP contribution in [0.15, 0.2) is 71.9 Å². The Labute approximate surface area is 201 Å². The summed E-state index contributed by atoms with van der Waals surface area (Å²) in [5.41, 5.74) is 5.40. The number of anilines is 2. The molecule has 0 radical (unpaired) electrons. The third-order valence-electron chi connectivity index (χ3n) is 6.89. The van der Waals surface area contributed by atoms with Crippen molar-refractivity contribution in [3.05, 3.63) is 98.7 Å². The molecule has 1 aliphatic carbocycles. The van der Waals surface area contributed by atoms with E-state index in [4.69, 9.17) is 9.47 Å². The van der Waals surface area contributed by atoms with E-state index >= 15 is 0 Å². The van der Waals surface area contributed by atoms with Crippen LogP contribution in [0.1, 0.15) is 41.5 Å². The Morgan fingerprint density at radius 2 is 1.69 bits per heavy atom. The number of allylic oxidation sites excluding steroid dienone is 1. The van der Waals surface area contributed by atoms with E-state index < -0.39 is 11.0 Å². The number of rotatable bonds is 3. The summed E-state index contributed by atoms with van der Waals surface area (Å²) in [7, 11) is 0. The quantitative estimate of drug-likeness (QED) is 0.380. The SMILES string of the molecule is Cc1ccc([C@@H]2CC(=O)C3=C(C2)Nc2ccccc2N[C@@H]3c2cc3c(cc2[N+](=O)[O-])OCO3)cc1. The van der Waals surface area contributed by atoms with E-state index in [0.29, 0.717) is 35.5 Å². The van der Waals surface area contributed by atoms with Crippen LogP contribution >= 0.6 is 0 Å². The summed E-state index contributed by atoms with van der Waals surface area (Å²) in [6, 6.07) is 18.2. The van der Waals surface area contributed by atoms with E-state index in [1.807, 2.05) is 31.2 Å². The molecule has 0 bridgehead atoms. The van der Waals surface area contributed by atoms with Gasteiger partial charge in [-0.2, -0.15) is 0 Å². The number of nitro benzene ring substituents is 1. The first kappa shape index (κ1) is 21.2. The number of hydrogen-bond donors (Lipinski definition) is 2. The number of aryl methyl sites for hydroxylation is 1. The number of Topliss-reactive ketones (excluding diaryl/α,β-unsaturated/α-hetero) is 1. The molecule has 3 aromatic rings. The Balaban J connectivity index is 1.51. The van der Waals surface area contributed by atoms with Crippen molar-refractivity contribution in [1.29, 1.82) is 0 Å². The van der Waals surface area contributed by atoms with Gasteiger partial charge in [0.25, 0.3) is 5.69 Å². The van der Waals surface area contributed by atoms with Crippen molar-refractivity contribution in [2.24, 2.45) is 0 Å². The monoisotopic (exact) mass is 469 g/mol. The Hall–Kier alpha value is -4.33. The molecule has 2 aliphatic heterocycles. The molecule has 2 atom stereocenters. The lowest BCUT2D eigenvalue weighted by molar-refractivity contribution is -0.385. The minimum Gasteiger partial charge on any atom is -0.454 e. The highest BCUT2D eigenvalue weighted by Gasteiger charge is 2.39. The van der Waals surface area contributed by atoms with E-state index in [1.54, 1.807) is 6.07 Å². The molecule has 2 heterocycles. The number of ketones is 1. The summed E-state index contributed by atoms with van der Waals surface area (Å²) in [5, 5.41) is 19.0. The maximum atomic E-state index is 13.7. The molecule has 0 amide bonds. The number of carbonyl (C=O) groups excluding carboxylic acids is 1. The average Bonchev–Trinajstić information content (AvgIpc) is 3.24. The fourth-order valence-corrected chi connectivity index (χ4v) is 5.14. The third-order valence-corrected chi connectivity index (χ3v) is 6.89. The maximum absolute atomic E-state index is 13.7. The van der Waals surface area contributed by atoms with Gasteiger partial charge in [-0.25, -0.2) is 0 Å². The van der Waals surface area contributed by atoms with Crippen molar-refractivity contribution < 1.29 is 19.2 Å². The second-order valence-electron chi connectivity index (χ2n) is 9.10. The first-order valence-corrected chi connectivity index (χ1v) is 11.5. The van der Waals surface area contributed by atoms with Gasteiger partial charge in [-0.15, -0.1) is 0 Å². The molecule has 0 unspecified atom stereocenters. The van der Waals surface area contributed by atoms with Crippen LogP contribution in [0, 0.1) is 17.0 Å². The zero-order chi connectivity index (χ0) is 24.1. The number of para-hydroxylation sites is 2. The number of nitro groups is 1. The van der Waals surface area contributed by atoms with Crippen molar-refractivity contribution >= 4 is 22.8 Å². The number of ether oxygens (including phenoxy) is 2. The molecule has 0 saturated heterocycles. The summed E-state index contributed by atoms with van der Waals surface area (Å²) in [6.45, 7) is 2.04. The average molecular weight is 469 g/mol. The van der Waals surface area contributed by atoms with Crippen LogP contribution in [0.2, 0.25) is 0 Å². The zero-order valence-electron chi connectivity index (χ0n) is 19.0. The standard InChI is InChI=1S/C27H23N3O5/c1-15-6-8-16(9-7-15)17-10-21-26(23(31)11-17)27(29-20-5-3-2-4-19(20)28-21)18-12-24-25(35-14-34-24)13-22(18)30(32)33/h2-9,12-13,17,27-29H,10-11,14H2,1H3/t17-,27+/m0/s1. The minimum atomic E-state index is -0.720. The molecule has 0 spiro atoms.